The molecule has 0 unspecified atom stereocenters. The van der Waals surface area contributed by atoms with Gasteiger partial charge in [-0.25, -0.2) is 9.37 Å². The van der Waals surface area contributed by atoms with E-state index in [1.807, 2.05) is 17.5 Å². The van der Waals surface area contributed by atoms with E-state index in [9.17, 15) is 9.18 Å². The van der Waals surface area contributed by atoms with Crippen molar-refractivity contribution in [1.29, 1.82) is 0 Å². The molecule has 1 N–H and O–H groups in total. The first kappa shape index (κ1) is 19.2. The van der Waals surface area contributed by atoms with E-state index in [1.165, 1.54) is 29.5 Å². The summed E-state index contributed by atoms with van der Waals surface area (Å²) in [6.07, 6.45) is 3.39. The molecule has 0 fully saturated rings. The van der Waals surface area contributed by atoms with Crippen molar-refractivity contribution < 1.29 is 13.7 Å². The minimum Gasteiger partial charge on any atom is -0.360 e. The summed E-state index contributed by atoms with van der Waals surface area (Å²) in [5, 5.41) is 9.42. The minimum absolute atomic E-state index is 0.0328. The lowest BCUT2D eigenvalue weighted by atomic mass is 10.0. The lowest BCUT2D eigenvalue weighted by molar-refractivity contribution is 0.0950. The van der Waals surface area contributed by atoms with Gasteiger partial charge in [-0.15, -0.1) is 11.3 Å². The van der Waals surface area contributed by atoms with Crippen molar-refractivity contribution in [2.24, 2.45) is 0 Å². The summed E-state index contributed by atoms with van der Waals surface area (Å²) in [6.45, 7) is 1.80. The second kappa shape index (κ2) is 8.10. The summed E-state index contributed by atoms with van der Waals surface area (Å²) < 4.78 is 19.4. The Labute approximate surface area is 174 Å². The van der Waals surface area contributed by atoms with Gasteiger partial charge in [-0.1, -0.05) is 22.8 Å². The van der Waals surface area contributed by atoms with Crippen molar-refractivity contribution in [2.75, 3.05) is 0 Å². The van der Waals surface area contributed by atoms with Gasteiger partial charge in [0, 0.05) is 23.3 Å². The first-order valence-corrected chi connectivity index (χ1v) is 9.84. The summed E-state index contributed by atoms with van der Waals surface area (Å²) in [5.41, 5.74) is 2.00. The van der Waals surface area contributed by atoms with Gasteiger partial charge in [-0.05, 0) is 31.2 Å². The molecule has 4 rings (SSSR count). The van der Waals surface area contributed by atoms with E-state index in [0.29, 0.717) is 0 Å². The van der Waals surface area contributed by atoms with Gasteiger partial charge in [0.1, 0.15) is 27.8 Å². The number of nitrogens with one attached hydrogen (secondary N) is 1. The number of amides is 1. The standard InChI is InChI=1S/C20H14ClFN4O2S/c1-11-17(19(26-28-11)18-13(21)3-2-4-14(18)22)20(27)24-9-16-25-15(10-29-16)12-5-7-23-8-6-12/h2-8,10H,9H2,1H3,(H,24,27). The maximum atomic E-state index is 14.3. The second-order valence-electron chi connectivity index (χ2n) is 6.10. The molecule has 4 aromatic rings. The lowest BCUT2D eigenvalue weighted by Crippen LogP contribution is -2.23. The summed E-state index contributed by atoms with van der Waals surface area (Å²) in [4.78, 5) is 21.3. The highest BCUT2D eigenvalue weighted by Gasteiger charge is 2.25. The van der Waals surface area contributed by atoms with Gasteiger partial charge in [0.25, 0.3) is 5.91 Å². The summed E-state index contributed by atoms with van der Waals surface area (Å²) in [6, 6.07) is 7.99. The van der Waals surface area contributed by atoms with Crippen LogP contribution in [0, 0.1) is 12.7 Å². The third kappa shape index (κ3) is 3.90. The molecule has 29 heavy (non-hydrogen) atoms. The number of aryl methyl sites for hydroxylation is 1. The molecule has 0 aliphatic rings. The molecule has 0 atom stereocenters. The Bertz CT molecular complexity index is 1160. The van der Waals surface area contributed by atoms with Crippen molar-refractivity contribution >= 4 is 28.8 Å². The van der Waals surface area contributed by atoms with Crippen LogP contribution in [0.1, 0.15) is 21.1 Å². The smallest absolute Gasteiger partial charge is 0.257 e. The molecule has 3 aromatic heterocycles. The number of thiazole rings is 1. The molecular weight excluding hydrogens is 415 g/mol. The Morgan fingerprint density at radius 1 is 1.28 bits per heavy atom. The number of carbonyl (C=O) groups excluding carboxylic acids is 1. The van der Waals surface area contributed by atoms with Crippen LogP contribution >= 0.6 is 22.9 Å². The predicted octanol–water partition coefficient (Wildman–Crippen LogP) is 4.89. The normalized spacial score (nSPS) is 10.9. The molecular formula is C20H14ClFN4O2S. The van der Waals surface area contributed by atoms with E-state index in [-0.39, 0.29) is 34.1 Å². The number of pyridine rings is 1. The Balaban J connectivity index is 1.55. The molecule has 6 nitrogen and oxygen atoms in total. The SMILES string of the molecule is Cc1onc(-c2c(F)cccc2Cl)c1C(=O)NCc1nc(-c2ccncc2)cs1. The molecule has 0 aliphatic heterocycles. The Morgan fingerprint density at radius 3 is 2.83 bits per heavy atom. The number of rotatable bonds is 5. The van der Waals surface area contributed by atoms with Crippen LogP contribution in [-0.2, 0) is 6.54 Å². The van der Waals surface area contributed by atoms with Gasteiger partial charge in [-0.2, -0.15) is 0 Å². The van der Waals surface area contributed by atoms with E-state index in [4.69, 9.17) is 16.1 Å². The van der Waals surface area contributed by atoms with Crippen LogP contribution in [0.15, 0.2) is 52.6 Å². The van der Waals surface area contributed by atoms with Crippen LogP contribution in [0.5, 0.6) is 0 Å². The Morgan fingerprint density at radius 2 is 2.07 bits per heavy atom. The second-order valence-corrected chi connectivity index (χ2v) is 7.45. The highest BCUT2D eigenvalue weighted by Crippen LogP contribution is 2.33. The fraction of sp³-hybridized carbons (Fsp3) is 0.100. The third-order valence-electron chi connectivity index (χ3n) is 4.22. The number of nitrogens with zero attached hydrogens (tertiary/aromatic N) is 3. The molecule has 9 heteroatoms. The van der Waals surface area contributed by atoms with Crippen molar-refractivity contribution in [3.8, 4) is 22.5 Å². The molecule has 1 amide bonds. The van der Waals surface area contributed by atoms with Gasteiger partial charge in [0.05, 0.1) is 22.8 Å². The molecule has 0 saturated carbocycles. The number of hydrogen-bond donors (Lipinski definition) is 1. The van der Waals surface area contributed by atoms with Crippen LogP contribution in [0.2, 0.25) is 5.02 Å². The topological polar surface area (TPSA) is 80.9 Å². The zero-order chi connectivity index (χ0) is 20.4. The molecule has 0 spiro atoms. The maximum Gasteiger partial charge on any atom is 0.257 e. The highest BCUT2D eigenvalue weighted by atomic mass is 35.5. The number of halogens is 2. The molecule has 146 valence electrons. The lowest BCUT2D eigenvalue weighted by Gasteiger charge is -2.06. The van der Waals surface area contributed by atoms with Gasteiger partial charge >= 0.3 is 0 Å². The molecule has 0 bridgehead atoms. The van der Waals surface area contributed by atoms with Crippen LogP contribution in [0.3, 0.4) is 0 Å². The summed E-state index contributed by atoms with van der Waals surface area (Å²) >= 11 is 7.54. The quantitative estimate of drug-likeness (QED) is 0.489. The fourth-order valence-corrected chi connectivity index (χ4v) is 3.82. The van der Waals surface area contributed by atoms with E-state index in [0.717, 1.165) is 16.3 Å². The maximum absolute atomic E-state index is 14.3. The molecule has 0 saturated heterocycles. The largest absolute Gasteiger partial charge is 0.360 e. The van der Waals surface area contributed by atoms with Gasteiger partial charge in [-0.3, -0.25) is 9.78 Å². The molecule has 1 aromatic carbocycles. The van der Waals surface area contributed by atoms with Crippen LogP contribution in [-0.4, -0.2) is 21.0 Å². The molecule has 0 aliphatic carbocycles. The minimum atomic E-state index is -0.582. The van der Waals surface area contributed by atoms with Crippen molar-refractivity contribution in [1.82, 2.24) is 20.4 Å². The number of hydrogen-bond acceptors (Lipinski definition) is 6. The van der Waals surface area contributed by atoms with Crippen LogP contribution < -0.4 is 5.32 Å². The van der Waals surface area contributed by atoms with Crippen LogP contribution in [0.4, 0.5) is 4.39 Å². The van der Waals surface area contributed by atoms with Gasteiger partial charge < -0.3 is 9.84 Å². The third-order valence-corrected chi connectivity index (χ3v) is 5.38. The fourth-order valence-electron chi connectivity index (χ4n) is 2.83. The van der Waals surface area contributed by atoms with Gasteiger partial charge in [0.2, 0.25) is 0 Å². The van der Waals surface area contributed by atoms with Crippen molar-refractivity contribution in [3.63, 3.8) is 0 Å². The van der Waals surface area contributed by atoms with Crippen LogP contribution in [0.25, 0.3) is 22.5 Å². The van der Waals surface area contributed by atoms with E-state index in [2.05, 4.69) is 20.4 Å². The Kier molecular flexibility index (Phi) is 5.37. The average molecular weight is 429 g/mol. The van der Waals surface area contributed by atoms with Crippen molar-refractivity contribution in [3.05, 3.63) is 75.3 Å². The monoisotopic (exact) mass is 428 g/mol. The number of carbonyl (C=O) groups is 1. The van der Waals surface area contributed by atoms with E-state index in [1.54, 1.807) is 19.3 Å². The van der Waals surface area contributed by atoms with Crippen molar-refractivity contribution in [2.45, 2.75) is 13.5 Å². The highest BCUT2D eigenvalue weighted by molar-refractivity contribution is 7.09. The predicted molar refractivity (Wildman–Crippen MR) is 108 cm³/mol. The summed E-state index contributed by atoms with van der Waals surface area (Å²) in [7, 11) is 0. The number of benzene rings is 1. The Hall–Kier alpha value is -3.10. The molecule has 3 heterocycles. The average Bonchev–Trinajstić information content (AvgIpc) is 3.34. The van der Waals surface area contributed by atoms with Gasteiger partial charge in [0.15, 0.2) is 0 Å². The first-order chi connectivity index (χ1) is 14.0. The zero-order valence-corrected chi connectivity index (χ0v) is 16.7. The van der Waals surface area contributed by atoms with E-state index >= 15 is 0 Å². The zero-order valence-electron chi connectivity index (χ0n) is 15.1. The summed E-state index contributed by atoms with van der Waals surface area (Å²) in [5.74, 6) is -0.756. The van der Waals surface area contributed by atoms with E-state index < -0.39 is 11.7 Å². The first-order valence-electron chi connectivity index (χ1n) is 8.58. The number of aromatic nitrogens is 3. The molecule has 0 radical (unpaired) electrons.